The molecule has 0 aliphatic carbocycles. The van der Waals surface area contributed by atoms with Crippen LogP contribution in [0.3, 0.4) is 0 Å². The maximum Gasteiger partial charge on any atom is 0.120 e. The highest BCUT2D eigenvalue weighted by atomic mass is 16.1. The summed E-state index contributed by atoms with van der Waals surface area (Å²) in [5.41, 5.74) is 3.51. The molecule has 2 rings (SSSR count). The van der Waals surface area contributed by atoms with Gasteiger partial charge in [-0.1, -0.05) is 43.7 Å². The number of aromatic nitrogens is 2. The van der Waals surface area contributed by atoms with E-state index in [1.54, 1.807) is 0 Å². The first-order valence-corrected chi connectivity index (χ1v) is 6.86. The fourth-order valence-corrected chi connectivity index (χ4v) is 2.19. The number of benzene rings is 1. The zero-order chi connectivity index (χ0) is 13.5. The van der Waals surface area contributed by atoms with Gasteiger partial charge in [0.2, 0.25) is 0 Å². The van der Waals surface area contributed by atoms with Crippen LogP contribution in [-0.4, -0.2) is 16.1 Å². The Morgan fingerprint density at radius 3 is 2.68 bits per heavy atom. The monoisotopic (exact) mass is 256 g/mol. The Kier molecular flexibility index (Phi) is 4.90. The molecule has 0 fully saturated rings. The third-order valence-electron chi connectivity index (χ3n) is 3.11. The Balaban J connectivity index is 2.18. The lowest BCUT2D eigenvalue weighted by atomic mass is 10.2. The summed E-state index contributed by atoms with van der Waals surface area (Å²) in [4.78, 5) is 10.6. The second-order valence-electron chi connectivity index (χ2n) is 4.73. The van der Waals surface area contributed by atoms with E-state index in [9.17, 15) is 4.79 Å². The van der Waals surface area contributed by atoms with Crippen molar-refractivity contribution < 1.29 is 4.79 Å². The van der Waals surface area contributed by atoms with Crippen LogP contribution in [0.25, 0.3) is 0 Å². The molecular weight excluding hydrogens is 236 g/mol. The Morgan fingerprint density at radius 1 is 1.21 bits per heavy atom. The molecule has 0 saturated carbocycles. The summed E-state index contributed by atoms with van der Waals surface area (Å²) in [6.45, 7) is 2.93. The molecule has 3 nitrogen and oxygen atoms in total. The largest absolute Gasteiger partial charge is 0.303 e. The van der Waals surface area contributed by atoms with Crippen molar-refractivity contribution in [3.8, 4) is 0 Å². The van der Waals surface area contributed by atoms with Gasteiger partial charge in [0.1, 0.15) is 6.29 Å². The van der Waals surface area contributed by atoms with E-state index in [-0.39, 0.29) is 0 Å². The van der Waals surface area contributed by atoms with Gasteiger partial charge in [0.15, 0.2) is 0 Å². The summed E-state index contributed by atoms with van der Waals surface area (Å²) >= 11 is 0. The summed E-state index contributed by atoms with van der Waals surface area (Å²) in [6.07, 6.45) is 4.39. The summed E-state index contributed by atoms with van der Waals surface area (Å²) in [5, 5.41) is 4.65. The number of hydrogen-bond donors (Lipinski definition) is 0. The van der Waals surface area contributed by atoms with Gasteiger partial charge in [0, 0.05) is 12.1 Å². The van der Waals surface area contributed by atoms with Crippen molar-refractivity contribution in [3.63, 3.8) is 0 Å². The Hall–Kier alpha value is -1.90. The SMILES string of the molecule is CCCc1cc(CCC=O)n(Cc2ccccc2)n1. The van der Waals surface area contributed by atoms with E-state index in [0.29, 0.717) is 6.42 Å². The lowest BCUT2D eigenvalue weighted by Crippen LogP contribution is -2.06. The molecule has 3 heteroatoms. The minimum absolute atomic E-state index is 0.562. The molecule has 0 aliphatic rings. The van der Waals surface area contributed by atoms with Crippen molar-refractivity contribution in [3.05, 3.63) is 53.3 Å². The van der Waals surface area contributed by atoms with Crippen LogP contribution in [0, 0.1) is 0 Å². The van der Waals surface area contributed by atoms with Crippen molar-refractivity contribution in [2.75, 3.05) is 0 Å². The number of rotatable bonds is 7. The first-order valence-electron chi connectivity index (χ1n) is 6.86. The highest BCUT2D eigenvalue weighted by Crippen LogP contribution is 2.11. The van der Waals surface area contributed by atoms with Crippen LogP contribution in [0.4, 0.5) is 0 Å². The second-order valence-corrected chi connectivity index (χ2v) is 4.73. The predicted molar refractivity (Wildman–Crippen MR) is 76.2 cm³/mol. The maximum absolute atomic E-state index is 10.6. The fraction of sp³-hybridized carbons (Fsp3) is 0.375. The standard InChI is InChI=1S/C16H20N2O/c1-2-7-15-12-16(10-6-11-19)18(17-15)13-14-8-4-3-5-9-14/h3-5,8-9,11-12H,2,6-7,10,13H2,1H3. The number of hydrogen-bond acceptors (Lipinski definition) is 2. The first kappa shape index (κ1) is 13.5. The number of aryl methyl sites for hydroxylation is 2. The molecule has 0 radical (unpaired) electrons. The van der Waals surface area contributed by atoms with Crippen LogP contribution in [0.15, 0.2) is 36.4 Å². The summed E-state index contributed by atoms with van der Waals surface area (Å²) < 4.78 is 2.03. The molecule has 19 heavy (non-hydrogen) atoms. The number of carbonyl (C=O) groups excluding carboxylic acids is 1. The molecule has 0 aliphatic heterocycles. The Morgan fingerprint density at radius 2 is 2.00 bits per heavy atom. The molecule has 0 N–H and O–H groups in total. The van der Waals surface area contributed by atoms with E-state index in [2.05, 4.69) is 30.2 Å². The fourth-order valence-electron chi connectivity index (χ4n) is 2.19. The van der Waals surface area contributed by atoms with Gasteiger partial charge in [-0.2, -0.15) is 5.10 Å². The average Bonchev–Trinajstić information content (AvgIpc) is 2.80. The van der Waals surface area contributed by atoms with E-state index in [1.807, 2.05) is 22.9 Å². The summed E-state index contributed by atoms with van der Waals surface area (Å²) in [5.74, 6) is 0. The minimum Gasteiger partial charge on any atom is -0.303 e. The van der Waals surface area contributed by atoms with Gasteiger partial charge in [-0.15, -0.1) is 0 Å². The molecular formula is C16H20N2O. The Labute approximate surface area is 114 Å². The average molecular weight is 256 g/mol. The van der Waals surface area contributed by atoms with E-state index in [0.717, 1.165) is 43.5 Å². The van der Waals surface area contributed by atoms with Gasteiger partial charge in [0.25, 0.3) is 0 Å². The van der Waals surface area contributed by atoms with Crippen LogP contribution in [0.5, 0.6) is 0 Å². The molecule has 100 valence electrons. The molecule has 1 aromatic heterocycles. The lowest BCUT2D eigenvalue weighted by Gasteiger charge is -2.06. The highest BCUT2D eigenvalue weighted by molar-refractivity contribution is 5.49. The van der Waals surface area contributed by atoms with Crippen LogP contribution in [0.2, 0.25) is 0 Å². The van der Waals surface area contributed by atoms with Crippen molar-refractivity contribution in [1.29, 1.82) is 0 Å². The quantitative estimate of drug-likeness (QED) is 0.714. The smallest absolute Gasteiger partial charge is 0.120 e. The molecule has 0 unspecified atom stereocenters. The zero-order valence-corrected chi connectivity index (χ0v) is 11.4. The van der Waals surface area contributed by atoms with Gasteiger partial charge in [-0.05, 0) is 24.5 Å². The van der Waals surface area contributed by atoms with E-state index in [1.165, 1.54) is 5.56 Å². The molecule has 0 spiro atoms. The van der Waals surface area contributed by atoms with Gasteiger partial charge in [-0.25, -0.2) is 0 Å². The lowest BCUT2D eigenvalue weighted by molar-refractivity contribution is -0.107. The van der Waals surface area contributed by atoms with Crippen LogP contribution >= 0.6 is 0 Å². The molecule has 0 bridgehead atoms. The maximum atomic E-state index is 10.6. The van der Waals surface area contributed by atoms with Crippen molar-refractivity contribution in [1.82, 2.24) is 9.78 Å². The van der Waals surface area contributed by atoms with E-state index < -0.39 is 0 Å². The van der Waals surface area contributed by atoms with Crippen LogP contribution in [-0.2, 0) is 24.2 Å². The third-order valence-corrected chi connectivity index (χ3v) is 3.11. The molecule has 1 aromatic carbocycles. The summed E-state index contributed by atoms with van der Waals surface area (Å²) in [7, 11) is 0. The molecule has 0 saturated heterocycles. The van der Waals surface area contributed by atoms with E-state index in [4.69, 9.17) is 0 Å². The van der Waals surface area contributed by atoms with Gasteiger partial charge in [-0.3, -0.25) is 4.68 Å². The first-order chi connectivity index (χ1) is 9.33. The molecule has 1 heterocycles. The second kappa shape index (κ2) is 6.88. The third kappa shape index (κ3) is 3.78. The molecule has 2 aromatic rings. The number of aldehydes is 1. The zero-order valence-electron chi connectivity index (χ0n) is 11.4. The van der Waals surface area contributed by atoms with E-state index >= 15 is 0 Å². The van der Waals surface area contributed by atoms with Crippen LogP contribution in [0.1, 0.15) is 36.7 Å². The minimum atomic E-state index is 0.562. The van der Waals surface area contributed by atoms with Gasteiger partial charge in [0.05, 0.1) is 12.2 Å². The molecule has 0 atom stereocenters. The van der Waals surface area contributed by atoms with Gasteiger partial charge >= 0.3 is 0 Å². The topological polar surface area (TPSA) is 34.9 Å². The Bertz CT molecular complexity index is 517. The van der Waals surface area contributed by atoms with Gasteiger partial charge < -0.3 is 4.79 Å². The predicted octanol–water partition coefficient (Wildman–Crippen LogP) is 3.02. The van der Waals surface area contributed by atoms with Crippen molar-refractivity contribution in [2.45, 2.75) is 39.2 Å². The highest BCUT2D eigenvalue weighted by Gasteiger charge is 2.07. The number of carbonyl (C=O) groups is 1. The molecule has 0 amide bonds. The van der Waals surface area contributed by atoms with Crippen molar-refractivity contribution in [2.24, 2.45) is 0 Å². The van der Waals surface area contributed by atoms with Crippen molar-refractivity contribution >= 4 is 6.29 Å². The van der Waals surface area contributed by atoms with Crippen LogP contribution < -0.4 is 0 Å². The normalized spacial score (nSPS) is 10.6. The summed E-state index contributed by atoms with van der Waals surface area (Å²) in [6, 6.07) is 12.4. The number of nitrogens with zero attached hydrogens (tertiary/aromatic N) is 2.